The second-order valence-electron chi connectivity index (χ2n) is 5.79. The molecule has 0 N–H and O–H groups in total. The molecule has 0 bridgehead atoms. The Morgan fingerprint density at radius 2 is 1.68 bits per heavy atom. The van der Waals surface area contributed by atoms with Crippen molar-refractivity contribution in [1.82, 2.24) is 0 Å². The van der Waals surface area contributed by atoms with E-state index in [1.54, 1.807) is 0 Å². The van der Waals surface area contributed by atoms with Crippen molar-refractivity contribution in [1.29, 1.82) is 0 Å². The number of unbranched alkanes of at least 4 members (excludes halogenated alkanes) is 5. The maximum Gasteiger partial charge on any atom is 0.0423 e. The standard InChI is InChI=1S/C19H29N3/c1-2-3-4-5-9-14-19(16-11-8-12-17-19)15-10-6-7-13-18-21-22-20/h9-12,14-17H,2-8,13,18H2,1H3/b14-9-,15-10-. The van der Waals surface area contributed by atoms with Crippen LogP contribution in [0.15, 0.2) is 53.7 Å². The molecule has 0 aromatic heterocycles. The van der Waals surface area contributed by atoms with Crippen LogP contribution in [0.1, 0.15) is 58.3 Å². The van der Waals surface area contributed by atoms with Gasteiger partial charge in [0, 0.05) is 16.9 Å². The Labute approximate surface area is 135 Å². The van der Waals surface area contributed by atoms with Gasteiger partial charge in [-0.2, -0.15) is 0 Å². The average molecular weight is 299 g/mol. The molecular weight excluding hydrogens is 270 g/mol. The van der Waals surface area contributed by atoms with Crippen molar-refractivity contribution >= 4 is 0 Å². The van der Waals surface area contributed by atoms with Gasteiger partial charge in [0.05, 0.1) is 0 Å². The van der Waals surface area contributed by atoms with Crippen molar-refractivity contribution in [3.05, 3.63) is 59.1 Å². The molecule has 0 fully saturated rings. The zero-order valence-corrected chi connectivity index (χ0v) is 13.8. The molecule has 1 aliphatic rings. The molecule has 1 aliphatic carbocycles. The van der Waals surface area contributed by atoms with Crippen LogP contribution >= 0.6 is 0 Å². The minimum Gasteiger partial charge on any atom is -0.0940 e. The lowest BCUT2D eigenvalue weighted by Gasteiger charge is -2.21. The molecule has 0 aromatic carbocycles. The third-order valence-corrected chi connectivity index (χ3v) is 3.81. The van der Waals surface area contributed by atoms with Crippen LogP contribution in [0, 0.1) is 5.41 Å². The quantitative estimate of drug-likeness (QED) is 0.135. The SMILES string of the molecule is CCCCC/C=C\C1(/C=C\CCCCN=[N+]=[N-])C=CCC=C1. The summed E-state index contributed by atoms with van der Waals surface area (Å²) in [5, 5.41) is 3.56. The van der Waals surface area contributed by atoms with E-state index in [-0.39, 0.29) is 5.41 Å². The lowest BCUT2D eigenvalue weighted by molar-refractivity contribution is 0.717. The summed E-state index contributed by atoms with van der Waals surface area (Å²) >= 11 is 0. The molecule has 3 nitrogen and oxygen atoms in total. The number of hydrogen-bond acceptors (Lipinski definition) is 1. The van der Waals surface area contributed by atoms with E-state index in [9.17, 15) is 0 Å². The van der Waals surface area contributed by atoms with Crippen molar-refractivity contribution in [3.8, 4) is 0 Å². The van der Waals surface area contributed by atoms with Gasteiger partial charge in [0.1, 0.15) is 0 Å². The highest BCUT2D eigenvalue weighted by atomic mass is 15.1. The molecule has 120 valence electrons. The summed E-state index contributed by atoms with van der Waals surface area (Å²) in [5.41, 5.74) is 8.20. The molecular formula is C19H29N3. The average Bonchev–Trinajstić information content (AvgIpc) is 2.55. The summed E-state index contributed by atoms with van der Waals surface area (Å²) in [7, 11) is 0. The van der Waals surface area contributed by atoms with Crippen molar-refractivity contribution in [2.75, 3.05) is 6.54 Å². The predicted molar refractivity (Wildman–Crippen MR) is 95.6 cm³/mol. The van der Waals surface area contributed by atoms with Crippen LogP contribution in [-0.4, -0.2) is 6.54 Å². The zero-order valence-electron chi connectivity index (χ0n) is 13.8. The van der Waals surface area contributed by atoms with E-state index in [2.05, 4.69) is 65.6 Å². The second kappa shape index (κ2) is 11.9. The van der Waals surface area contributed by atoms with E-state index in [1.165, 1.54) is 19.3 Å². The molecule has 0 amide bonds. The summed E-state index contributed by atoms with van der Waals surface area (Å²) in [6, 6.07) is 0. The van der Waals surface area contributed by atoms with E-state index >= 15 is 0 Å². The van der Waals surface area contributed by atoms with E-state index in [1.807, 2.05) is 0 Å². The molecule has 0 saturated carbocycles. The fraction of sp³-hybridized carbons (Fsp3) is 0.579. The van der Waals surface area contributed by atoms with Gasteiger partial charge in [-0.15, -0.1) is 0 Å². The van der Waals surface area contributed by atoms with Crippen LogP contribution in [0.25, 0.3) is 10.4 Å². The van der Waals surface area contributed by atoms with Crippen molar-refractivity contribution < 1.29 is 0 Å². The normalized spacial score (nSPS) is 16.4. The third-order valence-electron chi connectivity index (χ3n) is 3.81. The summed E-state index contributed by atoms with van der Waals surface area (Å²) in [5.74, 6) is 0. The minimum atomic E-state index is -0.0325. The molecule has 0 aromatic rings. The summed E-state index contributed by atoms with van der Waals surface area (Å²) in [6.07, 6.45) is 27.4. The summed E-state index contributed by atoms with van der Waals surface area (Å²) < 4.78 is 0. The van der Waals surface area contributed by atoms with Gasteiger partial charge in [-0.25, -0.2) is 0 Å². The highest BCUT2D eigenvalue weighted by Gasteiger charge is 2.17. The fourth-order valence-corrected chi connectivity index (χ4v) is 2.53. The minimum absolute atomic E-state index is 0.0325. The lowest BCUT2D eigenvalue weighted by atomic mass is 9.82. The Morgan fingerprint density at radius 1 is 1.05 bits per heavy atom. The second-order valence-corrected chi connectivity index (χ2v) is 5.79. The molecule has 1 rings (SSSR count). The molecule has 3 heteroatoms. The molecule has 0 spiro atoms. The molecule has 0 unspecified atom stereocenters. The van der Waals surface area contributed by atoms with Gasteiger partial charge < -0.3 is 0 Å². The molecule has 0 radical (unpaired) electrons. The smallest absolute Gasteiger partial charge is 0.0423 e. The van der Waals surface area contributed by atoms with Gasteiger partial charge in [-0.1, -0.05) is 73.5 Å². The van der Waals surface area contributed by atoms with Crippen molar-refractivity contribution in [2.45, 2.75) is 58.3 Å². The predicted octanol–water partition coefficient (Wildman–Crippen LogP) is 6.66. The topological polar surface area (TPSA) is 48.8 Å². The number of rotatable bonds is 11. The first kappa shape index (κ1) is 18.3. The number of nitrogens with zero attached hydrogens (tertiary/aromatic N) is 3. The van der Waals surface area contributed by atoms with Gasteiger partial charge in [-0.05, 0) is 44.1 Å². The molecule has 0 saturated heterocycles. The molecule has 0 atom stereocenters. The number of azide groups is 1. The monoisotopic (exact) mass is 299 g/mol. The molecule has 0 aliphatic heterocycles. The number of hydrogen-bond donors (Lipinski definition) is 0. The summed E-state index contributed by atoms with van der Waals surface area (Å²) in [6.45, 7) is 2.84. The van der Waals surface area contributed by atoms with E-state index in [0.717, 1.165) is 32.1 Å². The van der Waals surface area contributed by atoms with Gasteiger partial charge in [0.2, 0.25) is 0 Å². The van der Waals surface area contributed by atoms with E-state index in [4.69, 9.17) is 5.53 Å². The largest absolute Gasteiger partial charge is 0.0940 e. The van der Waals surface area contributed by atoms with Gasteiger partial charge >= 0.3 is 0 Å². The van der Waals surface area contributed by atoms with E-state index in [0.29, 0.717) is 6.54 Å². The highest BCUT2D eigenvalue weighted by molar-refractivity contribution is 5.32. The Kier molecular flexibility index (Phi) is 9.89. The van der Waals surface area contributed by atoms with Crippen LogP contribution in [0.4, 0.5) is 0 Å². The van der Waals surface area contributed by atoms with Crippen molar-refractivity contribution in [3.63, 3.8) is 0 Å². The maximum atomic E-state index is 8.23. The van der Waals surface area contributed by atoms with Crippen LogP contribution in [0.3, 0.4) is 0 Å². The molecule has 22 heavy (non-hydrogen) atoms. The van der Waals surface area contributed by atoms with Crippen LogP contribution in [-0.2, 0) is 0 Å². The summed E-state index contributed by atoms with van der Waals surface area (Å²) in [4.78, 5) is 2.77. The van der Waals surface area contributed by atoms with Gasteiger partial charge in [-0.3, -0.25) is 0 Å². The lowest BCUT2D eigenvalue weighted by Crippen LogP contribution is -2.09. The first-order valence-electron chi connectivity index (χ1n) is 8.54. The fourth-order valence-electron chi connectivity index (χ4n) is 2.53. The van der Waals surface area contributed by atoms with E-state index < -0.39 is 0 Å². The highest BCUT2D eigenvalue weighted by Crippen LogP contribution is 2.29. The third kappa shape index (κ3) is 7.90. The zero-order chi connectivity index (χ0) is 15.9. The first-order chi connectivity index (χ1) is 10.8. The van der Waals surface area contributed by atoms with Gasteiger partial charge in [0.15, 0.2) is 0 Å². The molecule has 0 heterocycles. The Balaban J connectivity index is 2.46. The van der Waals surface area contributed by atoms with Crippen LogP contribution in [0.2, 0.25) is 0 Å². The van der Waals surface area contributed by atoms with Crippen LogP contribution in [0.5, 0.6) is 0 Å². The van der Waals surface area contributed by atoms with Crippen LogP contribution < -0.4 is 0 Å². The van der Waals surface area contributed by atoms with Crippen molar-refractivity contribution in [2.24, 2.45) is 10.5 Å². The van der Waals surface area contributed by atoms with Gasteiger partial charge in [0.25, 0.3) is 0 Å². The maximum absolute atomic E-state index is 8.23. The Morgan fingerprint density at radius 3 is 2.27 bits per heavy atom. The Bertz CT molecular complexity index is 439. The first-order valence-corrected chi connectivity index (χ1v) is 8.54. The number of allylic oxidation sites excluding steroid dienone is 8. The Hall–Kier alpha value is -1.73.